The minimum absolute atomic E-state index is 0.852. The van der Waals surface area contributed by atoms with Gasteiger partial charge in [-0.3, -0.25) is 0 Å². The van der Waals surface area contributed by atoms with Crippen molar-refractivity contribution in [1.29, 1.82) is 0 Å². The number of rotatable bonds is 10. The second-order valence-corrected chi connectivity index (χ2v) is 5.14. The van der Waals surface area contributed by atoms with E-state index in [1.165, 1.54) is 57.8 Å². The van der Waals surface area contributed by atoms with Gasteiger partial charge in [0.05, 0.1) is 0 Å². The topological polar surface area (TPSA) is 0 Å². The van der Waals surface area contributed by atoms with Crippen molar-refractivity contribution in [3.05, 3.63) is 0 Å². The molecule has 1 unspecified atom stereocenters. The third-order valence-electron chi connectivity index (χ3n) is 3.46. The molecular weight excluding hydrogens is 204 g/mol. The van der Waals surface area contributed by atoms with E-state index in [0.717, 1.165) is 18.8 Å². The van der Waals surface area contributed by atoms with Crippen LogP contribution in [0.25, 0.3) is 0 Å². The van der Waals surface area contributed by atoms with Gasteiger partial charge in [0.25, 0.3) is 0 Å². The first-order valence-corrected chi connectivity index (χ1v) is 7.80. The largest absolute Gasteiger partial charge is 0.103 e. The fraction of sp³-hybridized carbons (Fsp3) is 0.882. The van der Waals surface area contributed by atoms with Crippen LogP contribution in [0.3, 0.4) is 0 Å². The molecule has 0 aliphatic rings. The maximum atomic E-state index is 3.39. The highest BCUT2D eigenvalue weighted by atomic mass is 14.1. The van der Waals surface area contributed by atoms with Crippen LogP contribution in [0, 0.1) is 17.8 Å². The van der Waals surface area contributed by atoms with Gasteiger partial charge in [-0.15, -0.1) is 11.8 Å². The van der Waals surface area contributed by atoms with Crippen LogP contribution < -0.4 is 0 Å². The Morgan fingerprint density at radius 2 is 1.47 bits per heavy atom. The van der Waals surface area contributed by atoms with Crippen molar-refractivity contribution in [2.24, 2.45) is 5.92 Å². The molecule has 0 heteroatoms. The zero-order chi connectivity index (χ0) is 12.8. The Morgan fingerprint density at radius 1 is 0.765 bits per heavy atom. The first-order chi connectivity index (χ1) is 8.35. The summed E-state index contributed by atoms with van der Waals surface area (Å²) in [4.78, 5) is 0. The van der Waals surface area contributed by atoms with E-state index in [4.69, 9.17) is 0 Å². The first-order valence-electron chi connectivity index (χ1n) is 7.80. The predicted molar refractivity (Wildman–Crippen MR) is 79.1 cm³/mol. The molecule has 0 aliphatic heterocycles. The molecular formula is C17H32. The number of hydrogen-bond donors (Lipinski definition) is 0. The molecule has 0 heterocycles. The third-order valence-corrected chi connectivity index (χ3v) is 3.46. The monoisotopic (exact) mass is 236 g/mol. The second kappa shape index (κ2) is 13.6. The van der Waals surface area contributed by atoms with Crippen LogP contribution in [0.4, 0.5) is 0 Å². The van der Waals surface area contributed by atoms with Crippen molar-refractivity contribution in [1.82, 2.24) is 0 Å². The highest BCUT2D eigenvalue weighted by Crippen LogP contribution is 2.16. The molecule has 0 fully saturated rings. The molecule has 0 radical (unpaired) electrons. The van der Waals surface area contributed by atoms with Gasteiger partial charge in [-0.25, -0.2) is 0 Å². The number of hydrogen-bond acceptors (Lipinski definition) is 0. The third kappa shape index (κ3) is 11.8. The molecule has 0 aromatic carbocycles. The predicted octanol–water partition coefficient (Wildman–Crippen LogP) is 5.96. The summed E-state index contributed by atoms with van der Waals surface area (Å²) >= 11 is 0. The average Bonchev–Trinajstić information content (AvgIpc) is 2.35. The van der Waals surface area contributed by atoms with Crippen LogP contribution in [0.2, 0.25) is 0 Å². The van der Waals surface area contributed by atoms with Gasteiger partial charge < -0.3 is 0 Å². The Hall–Kier alpha value is -0.440. The lowest BCUT2D eigenvalue weighted by Crippen LogP contribution is -1.97. The molecule has 0 saturated carbocycles. The van der Waals surface area contributed by atoms with E-state index >= 15 is 0 Å². The maximum Gasteiger partial charge on any atom is 0.0117 e. The summed E-state index contributed by atoms with van der Waals surface area (Å²) in [6.07, 6.45) is 14.4. The van der Waals surface area contributed by atoms with Crippen LogP contribution in [0.5, 0.6) is 0 Å². The van der Waals surface area contributed by atoms with Crippen LogP contribution >= 0.6 is 0 Å². The van der Waals surface area contributed by atoms with Gasteiger partial charge >= 0.3 is 0 Å². The van der Waals surface area contributed by atoms with Gasteiger partial charge in [-0.2, -0.15) is 0 Å². The molecule has 0 aromatic rings. The standard InChI is InChI=1S/C17H32/c1-4-7-9-10-11-12-14-16-17(6-3)15-13-8-5-2/h17H,4-11,13,15-16H2,1-3H3. The van der Waals surface area contributed by atoms with E-state index in [1.54, 1.807) is 0 Å². The quantitative estimate of drug-likeness (QED) is 0.324. The van der Waals surface area contributed by atoms with Gasteiger partial charge in [0.15, 0.2) is 0 Å². The summed E-state index contributed by atoms with van der Waals surface area (Å²) in [5.74, 6) is 7.59. The summed E-state index contributed by atoms with van der Waals surface area (Å²) < 4.78 is 0. The molecule has 0 aliphatic carbocycles. The summed E-state index contributed by atoms with van der Waals surface area (Å²) in [7, 11) is 0. The molecule has 0 saturated heterocycles. The highest BCUT2D eigenvalue weighted by Gasteiger charge is 2.03. The fourth-order valence-electron chi connectivity index (χ4n) is 2.08. The molecule has 0 rings (SSSR count). The lowest BCUT2D eigenvalue weighted by Gasteiger charge is -2.10. The van der Waals surface area contributed by atoms with E-state index in [1.807, 2.05) is 0 Å². The summed E-state index contributed by atoms with van der Waals surface area (Å²) in [5, 5.41) is 0. The molecule has 0 spiro atoms. The van der Waals surface area contributed by atoms with Crippen molar-refractivity contribution < 1.29 is 0 Å². The average molecular weight is 236 g/mol. The van der Waals surface area contributed by atoms with Crippen molar-refractivity contribution in [3.8, 4) is 11.8 Å². The van der Waals surface area contributed by atoms with Crippen molar-refractivity contribution in [2.75, 3.05) is 0 Å². The van der Waals surface area contributed by atoms with Gasteiger partial charge in [-0.1, -0.05) is 65.7 Å². The van der Waals surface area contributed by atoms with Gasteiger partial charge in [-0.05, 0) is 18.8 Å². The zero-order valence-electron chi connectivity index (χ0n) is 12.4. The van der Waals surface area contributed by atoms with Crippen LogP contribution in [-0.4, -0.2) is 0 Å². The molecule has 1 atom stereocenters. The lowest BCUT2D eigenvalue weighted by atomic mass is 9.95. The molecule has 100 valence electrons. The molecule has 17 heavy (non-hydrogen) atoms. The Kier molecular flexibility index (Phi) is 13.3. The van der Waals surface area contributed by atoms with Crippen molar-refractivity contribution in [2.45, 2.75) is 91.4 Å². The van der Waals surface area contributed by atoms with Crippen LogP contribution in [0.15, 0.2) is 0 Å². The van der Waals surface area contributed by atoms with Crippen LogP contribution in [0.1, 0.15) is 91.4 Å². The lowest BCUT2D eigenvalue weighted by molar-refractivity contribution is 0.454. The maximum absolute atomic E-state index is 3.39. The van der Waals surface area contributed by atoms with Gasteiger partial charge in [0.2, 0.25) is 0 Å². The second-order valence-electron chi connectivity index (χ2n) is 5.14. The van der Waals surface area contributed by atoms with Crippen molar-refractivity contribution in [3.63, 3.8) is 0 Å². The smallest absolute Gasteiger partial charge is 0.0117 e. The molecule has 0 amide bonds. The first kappa shape index (κ1) is 16.6. The summed E-state index contributed by atoms with van der Waals surface area (Å²) in [6.45, 7) is 6.84. The van der Waals surface area contributed by atoms with E-state index in [0.29, 0.717) is 0 Å². The van der Waals surface area contributed by atoms with Gasteiger partial charge in [0.1, 0.15) is 0 Å². The van der Waals surface area contributed by atoms with E-state index in [2.05, 4.69) is 32.6 Å². The van der Waals surface area contributed by atoms with Crippen LogP contribution in [-0.2, 0) is 0 Å². The minimum Gasteiger partial charge on any atom is -0.103 e. The Morgan fingerprint density at radius 3 is 2.12 bits per heavy atom. The van der Waals surface area contributed by atoms with Gasteiger partial charge in [0, 0.05) is 12.8 Å². The Balaban J connectivity index is 3.49. The fourth-order valence-corrected chi connectivity index (χ4v) is 2.08. The molecule has 0 aromatic heterocycles. The van der Waals surface area contributed by atoms with Crippen molar-refractivity contribution >= 4 is 0 Å². The SMILES string of the molecule is CCCCCCC#CCC(CC)CCCCC. The Bertz CT molecular complexity index is 194. The highest BCUT2D eigenvalue weighted by molar-refractivity contribution is 4.99. The van der Waals surface area contributed by atoms with E-state index in [9.17, 15) is 0 Å². The molecule has 0 bridgehead atoms. The zero-order valence-corrected chi connectivity index (χ0v) is 12.4. The van der Waals surface area contributed by atoms with E-state index < -0.39 is 0 Å². The van der Waals surface area contributed by atoms with E-state index in [-0.39, 0.29) is 0 Å². The molecule has 0 N–H and O–H groups in total. The summed E-state index contributed by atoms with van der Waals surface area (Å²) in [5.41, 5.74) is 0. The Labute approximate surface area is 110 Å². The summed E-state index contributed by atoms with van der Waals surface area (Å²) in [6, 6.07) is 0. The normalized spacial score (nSPS) is 11.9. The minimum atomic E-state index is 0.852. The molecule has 0 nitrogen and oxygen atoms in total. The number of unbranched alkanes of at least 4 members (excludes halogenated alkanes) is 6.